The molecule has 1 atom stereocenters. The third-order valence-corrected chi connectivity index (χ3v) is 6.27. The minimum absolute atomic E-state index is 0.0796. The van der Waals surface area contributed by atoms with Crippen molar-refractivity contribution in [2.24, 2.45) is 0 Å². The van der Waals surface area contributed by atoms with E-state index in [1.54, 1.807) is 12.1 Å². The number of nitrogens with one attached hydrogen (secondary N) is 1. The van der Waals surface area contributed by atoms with Crippen LogP contribution < -0.4 is 10.2 Å². The maximum Gasteiger partial charge on any atom is 0.394 e. The summed E-state index contributed by atoms with van der Waals surface area (Å²) in [7, 11) is 0. The quantitative estimate of drug-likeness (QED) is 0.540. The van der Waals surface area contributed by atoms with Crippen molar-refractivity contribution in [3.63, 3.8) is 0 Å². The highest BCUT2D eigenvalue weighted by atomic mass is 19.4. The topological polar surface area (TPSA) is 95.0 Å². The number of benzene rings is 1. The van der Waals surface area contributed by atoms with Crippen molar-refractivity contribution in [1.29, 1.82) is 0 Å². The summed E-state index contributed by atoms with van der Waals surface area (Å²) in [6.45, 7) is 4.27. The van der Waals surface area contributed by atoms with Crippen LogP contribution in [0.5, 0.6) is 0 Å². The third-order valence-electron chi connectivity index (χ3n) is 6.27. The van der Waals surface area contributed by atoms with E-state index in [0.717, 1.165) is 0 Å². The lowest BCUT2D eigenvalue weighted by atomic mass is 10.0. The number of halogens is 4. The molecule has 37 heavy (non-hydrogen) atoms. The highest BCUT2D eigenvalue weighted by molar-refractivity contribution is 6.07. The van der Waals surface area contributed by atoms with Gasteiger partial charge in [0.05, 0.1) is 48.8 Å². The van der Waals surface area contributed by atoms with Gasteiger partial charge in [0.2, 0.25) is 0 Å². The highest BCUT2D eigenvalue weighted by Crippen LogP contribution is 2.35. The number of morpholine rings is 1. The molecule has 8 nitrogen and oxygen atoms in total. The molecule has 2 aliphatic heterocycles. The first-order valence-corrected chi connectivity index (χ1v) is 11.8. The Balaban J connectivity index is 1.63. The number of pyridine rings is 1. The average Bonchev–Trinajstić information content (AvgIpc) is 3.11. The van der Waals surface area contributed by atoms with Crippen molar-refractivity contribution < 1.29 is 37.0 Å². The van der Waals surface area contributed by atoms with Gasteiger partial charge in [-0.05, 0) is 43.7 Å². The van der Waals surface area contributed by atoms with Gasteiger partial charge in [-0.25, -0.2) is 9.37 Å². The largest absolute Gasteiger partial charge is 0.394 e. The Morgan fingerprint density at radius 3 is 2.57 bits per heavy atom. The van der Waals surface area contributed by atoms with Crippen molar-refractivity contribution in [2.75, 3.05) is 43.1 Å². The molecule has 1 fully saturated rings. The summed E-state index contributed by atoms with van der Waals surface area (Å²) >= 11 is 0. The van der Waals surface area contributed by atoms with Crippen molar-refractivity contribution in [3.8, 4) is 0 Å². The van der Waals surface area contributed by atoms with Crippen LogP contribution >= 0.6 is 0 Å². The van der Waals surface area contributed by atoms with Crippen LogP contribution in [-0.2, 0) is 17.7 Å². The van der Waals surface area contributed by atoms with E-state index >= 15 is 0 Å². The Hall–Kier alpha value is -3.25. The van der Waals surface area contributed by atoms with E-state index in [2.05, 4.69) is 10.3 Å². The molecule has 200 valence electrons. The number of carbonyl (C=O) groups excluding carboxylic acids is 2. The molecule has 12 heteroatoms. The Morgan fingerprint density at radius 2 is 1.92 bits per heavy atom. The van der Waals surface area contributed by atoms with Gasteiger partial charge in [0, 0.05) is 25.2 Å². The predicted octanol–water partition coefficient (Wildman–Crippen LogP) is 3.34. The van der Waals surface area contributed by atoms with E-state index in [-0.39, 0.29) is 24.5 Å². The highest BCUT2D eigenvalue weighted by Gasteiger charge is 2.36. The van der Waals surface area contributed by atoms with Crippen LogP contribution in [0.3, 0.4) is 0 Å². The lowest BCUT2D eigenvalue weighted by Crippen LogP contribution is -2.42. The van der Waals surface area contributed by atoms with Crippen molar-refractivity contribution in [3.05, 3.63) is 52.8 Å². The molecular formula is C25H28F4N4O4. The average molecular weight is 525 g/mol. The number of ether oxygens (including phenoxy) is 1. The van der Waals surface area contributed by atoms with Crippen LogP contribution in [0.1, 0.15) is 46.0 Å². The van der Waals surface area contributed by atoms with Gasteiger partial charge in [-0.15, -0.1) is 0 Å². The number of hydrogen-bond acceptors (Lipinski definition) is 6. The second-order valence-electron chi connectivity index (χ2n) is 9.69. The summed E-state index contributed by atoms with van der Waals surface area (Å²) in [4.78, 5) is 33.1. The van der Waals surface area contributed by atoms with E-state index in [0.29, 0.717) is 48.8 Å². The minimum Gasteiger partial charge on any atom is -0.387 e. The second kappa shape index (κ2) is 10.3. The number of amides is 2. The Bertz CT molecular complexity index is 1180. The first-order chi connectivity index (χ1) is 17.3. The minimum atomic E-state index is -4.46. The zero-order chi connectivity index (χ0) is 27.0. The summed E-state index contributed by atoms with van der Waals surface area (Å²) in [5.74, 6) is -1.10. The fourth-order valence-corrected chi connectivity index (χ4v) is 4.24. The molecule has 0 spiro atoms. The van der Waals surface area contributed by atoms with Gasteiger partial charge in [-0.3, -0.25) is 9.59 Å². The first-order valence-electron chi connectivity index (χ1n) is 11.8. The molecule has 1 saturated heterocycles. The van der Waals surface area contributed by atoms with Gasteiger partial charge in [0.15, 0.2) is 0 Å². The molecule has 2 aliphatic rings. The zero-order valence-corrected chi connectivity index (χ0v) is 20.4. The summed E-state index contributed by atoms with van der Waals surface area (Å²) in [6, 6.07) is 7.10. The van der Waals surface area contributed by atoms with E-state index in [1.165, 1.54) is 36.9 Å². The van der Waals surface area contributed by atoms with E-state index < -0.39 is 36.2 Å². The number of aliphatic hydroxyl groups is 1. The molecule has 2 N–H and O–H groups in total. The zero-order valence-electron chi connectivity index (χ0n) is 20.4. The van der Waals surface area contributed by atoms with Crippen LogP contribution in [-0.4, -0.2) is 77.6 Å². The standard InChI is InChI=1S/C25H28F4N4O4/c1-24(2,36)21(26)14-33-13-15-10-19(20(11-17(15)23(33)35)32-6-8-37-9-7-32)31-22(34)18-5-3-4-16(30-18)12-25(27,28)29/h3-5,10-11,21,36H,6-9,12-14H2,1-2H3,(H,31,34)/t21-/m1/s1. The van der Waals surface area contributed by atoms with Gasteiger partial charge >= 0.3 is 6.18 Å². The number of anilines is 2. The van der Waals surface area contributed by atoms with Crippen LogP contribution in [0, 0.1) is 0 Å². The van der Waals surface area contributed by atoms with Gasteiger partial charge in [0.25, 0.3) is 11.8 Å². The molecule has 0 aliphatic carbocycles. The van der Waals surface area contributed by atoms with Gasteiger partial charge in [-0.2, -0.15) is 13.2 Å². The SMILES string of the molecule is CC(C)(O)[C@H](F)CN1Cc2cc(NC(=O)c3cccc(CC(F)(F)F)n3)c(N3CCOCC3)cc2C1=O. The van der Waals surface area contributed by atoms with Crippen LogP contribution in [0.15, 0.2) is 30.3 Å². The lowest BCUT2D eigenvalue weighted by molar-refractivity contribution is -0.127. The monoisotopic (exact) mass is 524 g/mol. The van der Waals surface area contributed by atoms with E-state index in [4.69, 9.17) is 4.74 Å². The van der Waals surface area contributed by atoms with Crippen molar-refractivity contribution in [2.45, 2.75) is 44.8 Å². The number of hydrogen-bond donors (Lipinski definition) is 2. The third kappa shape index (κ3) is 6.37. The maximum absolute atomic E-state index is 14.5. The number of alkyl halides is 4. The molecule has 2 aromatic rings. The number of fused-ring (bicyclic) bond motifs is 1. The number of aromatic nitrogens is 1. The number of carbonyl (C=O) groups is 2. The number of nitrogens with zero attached hydrogens (tertiary/aromatic N) is 3. The van der Waals surface area contributed by atoms with Gasteiger partial charge in [0.1, 0.15) is 11.9 Å². The van der Waals surface area contributed by atoms with Crippen molar-refractivity contribution >= 4 is 23.2 Å². The molecule has 0 radical (unpaired) electrons. The fraction of sp³-hybridized carbons (Fsp3) is 0.480. The first kappa shape index (κ1) is 26.8. The molecule has 4 rings (SSSR count). The summed E-state index contributed by atoms with van der Waals surface area (Å²) in [5, 5.41) is 12.7. The second-order valence-corrected chi connectivity index (χ2v) is 9.69. The van der Waals surface area contributed by atoms with E-state index in [9.17, 15) is 32.3 Å². The molecule has 0 unspecified atom stereocenters. The molecule has 0 saturated carbocycles. The fourth-order valence-electron chi connectivity index (χ4n) is 4.24. The molecule has 2 amide bonds. The van der Waals surface area contributed by atoms with Gasteiger partial charge in [-0.1, -0.05) is 6.07 Å². The summed E-state index contributed by atoms with van der Waals surface area (Å²) in [5.41, 5.74) is -0.291. The Kier molecular flexibility index (Phi) is 7.43. The van der Waals surface area contributed by atoms with Crippen LogP contribution in [0.4, 0.5) is 28.9 Å². The summed E-state index contributed by atoms with van der Waals surface area (Å²) < 4.78 is 58.3. The van der Waals surface area contributed by atoms with E-state index in [1.807, 2.05) is 4.90 Å². The maximum atomic E-state index is 14.5. The smallest absolute Gasteiger partial charge is 0.387 e. The number of rotatable bonds is 7. The normalized spacial score (nSPS) is 17.1. The van der Waals surface area contributed by atoms with Crippen LogP contribution in [0.25, 0.3) is 0 Å². The molecular weight excluding hydrogens is 496 g/mol. The summed E-state index contributed by atoms with van der Waals surface area (Å²) in [6.07, 6.45) is -7.39. The lowest BCUT2D eigenvalue weighted by Gasteiger charge is -2.31. The molecule has 3 heterocycles. The Labute approximate surface area is 211 Å². The molecule has 1 aromatic carbocycles. The van der Waals surface area contributed by atoms with Gasteiger partial charge < -0.3 is 25.0 Å². The van der Waals surface area contributed by atoms with Crippen molar-refractivity contribution in [1.82, 2.24) is 9.88 Å². The van der Waals surface area contributed by atoms with Crippen LogP contribution in [0.2, 0.25) is 0 Å². The predicted molar refractivity (Wildman–Crippen MR) is 127 cm³/mol. The molecule has 1 aromatic heterocycles. The molecule has 0 bridgehead atoms. The Morgan fingerprint density at radius 1 is 1.22 bits per heavy atom.